The molecule has 10 unspecified atom stereocenters. The van der Waals surface area contributed by atoms with Gasteiger partial charge >= 0.3 is 0 Å². The molecule has 3 aliphatic heterocycles. The number of hydrogen-bond acceptors (Lipinski definition) is 17. The van der Waals surface area contributed by atoms with Gasteiger partial charge in [-0.2, -0.15) is 0 Å². The minimum Gasteiger partial charge on any atom is -0.508 e. The van der Waals surface area contributed by atoms with Gasteiger partial charge in [-0.05, 0) is 55.7 Å². The second-order valence-corrected chi connectivity index (χ2v) is 20.6. The summed E-state index contributed by atoms with van der Waals surface area (Å²) in [4.78, 5) is 112. The third kappa shape index (κ3) is 17.8. The number of amides is 8. The molecule has 8 amide bonds. The van der Waals surface area contributed by atoms with E-state index in [0.717, 1.165) is 74.6 Å². The van der Waals surface area contributed by atoms with E-state index < -0.39 is 165 Å². The molecule has 3 aliphatic rings. The molecule has 3 fully saturated rings. The Morgan fingerprint density at radius 3 is 1.95 bits per heavy atom. The van der Waals surface area contributed by atoms with Crippen molar-refractivity contribution in [3.05, 3.63) is 29.8 Å². The number of unbranched alkanes of at least 4 members (excludes halogenated alkanes) is 5. The van der Waals surface area contributed by atoms with Crippen LogP contribution in [-0.2, 0) is 38.4 Å². The van der Waals surface area contributed by atoms with Crippen molar-refractivity contribution in [1.82, 2.24) is 36.4 Å². The lowest BCUT2D eigenvalue weighted by atomic mass is 9.91. The van der Waals surface area contributed by atoms with Crippen LogP contribution in [0.1, 0.15) is 129 Å². The summed E-state index contributed by atoms with van der Waals surface area (Å²) in [6, 6.07) is -7.37. The van der Waals surface area contributed by atoms with Crippen molar-refractivity contribution in [3.63, 3.8) is 0 Å². The fraction of sp³-hybridized carbons (Fsp3) is 0.720. The molecule has 1 aromatic carbocycles. The molecule has 16 atom stereocenters. The Kier molecular flexibility index (Phi) is 24.1. The van der Waals surface area contributed by atoms with Crippen molar-refractivity contribution in [2.24, 2.45) is 17.6 Å². The van der Waals surface area contributed by atoms with Crippen LogP contribution >= 0.6 is 0 Å². The van der Waals surface area contributed by atoms with Crippen LogP contribution in [0.25, 0.3) is 0 Å². The SMILES string of the molecule is CCC(C)CC(C)CCCCCCCCC(=O)N[C@H]1C[C@@H](O)[C@@H](O)NC(=O)C2[C@@H](O)CCN2C(=O)C(C(O)CC(N)=O)NC(=O)C(C(O)C(O)c2ccc(O)cc2)NC(=O)C2C[C@@H](O)CN2C(=O)C([C@@H](C)O)NC1=O. The number of phenolic OH excluding ortho intramolecular Hbond substituents is 1. The molecule has 1 aromatic rings. The van der Waals surface area contributed by atoms with Gasteiger partial charge in [0.1, 0.15) is 60.3 Å². The van der Waals surface area contributed by atoms with Gasteiger partial charge in [0, 0.05) is 32.4 Å². The van der Waals surface area contributed by atoms with Gasteiger partial charge < -0.3 is 88.1 Å². The average Bonchev–Trinajstić information content (AvgIpc) is 3.95. The number of nitrogens with one attached hydrogen (secondary N) is 5. The first-order valence-electron chi connectivity index (χ1n) is 26.0. The maximum absolute atomic E-state index is 14.4. The molecule has 25 nitrogen and oxygen atoms in total. The summed E-state index contributed by atoms with van der Waals surface area (Å²) in [6.45, 7) is 6.76. The minimum atomic E-state index is -2.36. The average molecular weight is 1070 g/mol. The fourth-order valence-electron chi connectivity index (χ4n) is 9.79. The first kappa shape index (κ1) is 62.0. The van der Waals surface area contributed by atoms with E-state index in [0.29, 0.717) is 29.6 Å². The minimum absolute atomic E-state index is 0.0795. The summed E-state index contributed by atoms with van der Waals surface area (Å²) in [7, 11) is 0. The summed E-state index contributed by atoms with van der Waals surface area (Å²) < 4.78 is 0. The second kappa shape index (κ2) is 29.1. The highest BCUT2D eigenvalue weighted by Crippen LogP contribution is 2.27. The Labute approximate surface area is 436 Å². The topological polar surface area (TPSA) is 411 Å². The molecule has 75 heavy (non-hydrogen) atoms. The molecule has 0 bridgehead atoms. The van der Waals surface area contributed by atoms with Crippen LogP contribution in [-0.4, -0.2) is 195 Å². The maximum atomic E-state index is 14.4. The lowest BCUT2D eigenvalue weighted by Crippen LogP contribution is -2.64. The van der Waals surface area contributed by atoms with Gasteiger partial charge in [0.15, 0.2) is 6.23 Å². The number of aromatic hydroxyl groups is 1. The monoisotopic (exact) mass is 1060 g/mol. The highest BCUT2D eigenvalue weighted by molar-refractivity contribution is 5.98. The fourth-order valence-corrected chi connectivity index (χ4v) is 9.79. The van der Waals surface area contributed by atoms with E-state index in [1.54, 1.807) is 0 Å². The van der Waals surface area contributed by atoms with Crippen LogP contribution in [0.2, 0.25) is 0 Å². The molecule has 0 spiro atoms. The zero-order valence-corrected chi connectivity index (χ0v) is 43.1. The number of primary amides is 1. The van der Waals surface area contributed by atoms with Gasteiger partial charge in [-0.1, -0.05) is 77.8 Å². The van der Waals surface area contributed by atoms with E-state index in [1.165, 1.54) is 6.42 Å². The summed E-state index contributed by atoms with van der Waals surface area (Å²) in [5.41, 5.74) is 5.21. The van der Waals surface area contributed by atoms with E-state index in [1.807, 2.05) is 0 Å². The van der Waals surface area contributed by atoms with E-state index in [9.17, 15) is 84.3 Å². The number of aliphatic hydroxyl groups is 8. The van der Waals surface area contributed by atoms with Crippen molar-refractivity contribution < 1.29 is 84.3 Å². The molecule has 422 valence electrons. The van der Waals surface area contributed by atoms with Gasteiger partial charge in [0.25, 0.3) is 0 Å². The van der Waals surface area contributed by atoms with Crippen molar-refractivity contribution in [2.45, 2.75) is 203 Å². The lowest BCUT2D eigenvalue weighted by Gasteiger charge is -2.34. The van der Waals surface area contributed by atoms with Crippen LogP contribution in [0.3, 0.4) is 0 Å². The Bertz CT molecular complexity index is 2100. The Balaban J connectivity index is 1.69. The Hall–Kier alpha value is -5.54. The van der Waals surface area contributed by atoms with Crippen LogP contribution in [0.5, 0.6) is 5.75 Å². The molecule has 0 aromatic heterocycles. The highest BCUT2D eigenvalue weighted by Gasteiger charge is 2.49. The summed E-state index contributed by atoms with van der Waals surface area (Å²) in [6.07, 6.45) is -10.2. The number of benzene rings is 1. The third-order valence-electron chi connectivity index (χ3n) is 14.3. The number of nitrogens with zero attached hydrogens (tertiary/aromatic N) is 2. The number of rotatable bonds is 20. The zero-order chi connectivity index (χ0) is 55.8. The first-order valence-corrected chi connectivity index (χ1v) is 26.0. The van der Waals surface area contributed by atoms with Crippen LogP contribution in [0.4, 0.5) is 0 Å². The number of fused-ring (bicyclic) bond motifs is 2. The van der Waals surface area contributed by atoms with Crippen molar-refractivity contribution in [3.8, 4) is 5.75 Å². The largest absolute Gasteiger partial charge is 0.508 e. The predicted octanol–water partition coefficient (Wildman–Crippen LogP) is -3.34. The number of aliphatic hydroxyl groups excluding tert-OH is 8. The predicted molar refractivity (Wildman–Crippen MR) is 265 cm³/mol. The van der Waals surface area contributed by atoms with E-state index in [-0.39, 0.29) is 24.2 Å². The molecular weight excluding hydrogens is 985 g/mol. The van der Waals surface area contributed by atoms with Gasteiger partial charge in [-0.25, -0.2) is 0 Å². The van der Waals surface area contributed by atoms with E-state index in [2.05, 4.69) is 47.4 Å². The molecule has 16 N–H and O–H groups in total. The highest BCUT2D eigenvalue weighted by atomic mass is 16.3. The van der Waals surface area contributed by atoms with Crippen molar-refractivity contribution in [1.29, 1.82) is 0 Å². The van der Waals surface area contributed by atoms with E-state index in [4.69, 9.17) is 5.73 Å². The number of hydrogen-bond donors (Lipinski definition) is 15. The summed E-state index contributed by atoms with van der Waals surface area (Å²) in [5.74, 6) is -8.59. The van der Waals surface area contributed by atoms with Gasteiger partial charge in [-0.3, -0.25) is 38.4 Å². The van der Waals surface area contributed by atoms with Crippen molar-refractivity contribution >= 4 is 47.3 Å². The molecule has 3 saturated heterocycles. The summed E-state index contributed by atoms with van der Waals surface area (Å²) >= 11 is 0. The second-order valence-electron chi connectivity index (χ2n) is 20.6. The molecule has 0 aliphatic carbocycles. The van der Waals surface area contributed by atoms with Gasteiger partial charge in [-0.15, -0.1) is 0 Å². The smallest absolute Gasteiger partial charge is 0.248 e. The molecule has 0 saturated carbocycles. The molecule has 3 heterocycles. The quantitative estimate of drug-likeness (QED) is 0.0568. The standard InChI is InChI=1S/C50H80N8O17/c1-5-25(2)20-26(3)12-10-8-6-7-9-11-13-37(66)52-31-22-35(64)46(71)56-48(73)41-33(62)18-19-57(41)50(75)39(34(63)23-36(51)65)54-47(72)40(43(68)42(67)28-14-16-29(60)17-15-28)55-45(70)32-21-30(61)24-58(32)49(74)38(27(4)59)53-44(31)69/h14-17,25-27,30-35,38-43,46,59-64,67-68,71H,5-13,18-24H2,1-4H3,(H2,51,65)(H,52,66)(H,53,69)(H,54,72)(H,55,70)(H,56,73)/t25?,26?,27-,30-,31+,32?,33+,34?,35-,38?,39?,40?,41?,42?,43?,46-/m1/s1. The molecular formula is C50H80N8O17. The number of carbonyl (C=O) groups is 8. The normalized spacial score (nSPS) is 29.0. The third-order valence-corrected chi connectivity index (χ3v) is 14.3. The van der Waals surface area contributed by atoms with Crippen LogP contribution < -0.4 is 32.3 Å². The lowest BCUT2D eigenvalue weighted by molar-refractivity contribution is -0.149. The Morgan fingerprint density at radius 2 is 1.32 bits per heavy atom. The molecule has 25 heteroatoms. The molecule has 4 rings (SSSR count). The van der Waals surface area contributed by atoms with Crippen LogP contribution in [0, 0.1) is 11.8 Å². The first-order chi connectivity index (χ1) is 35.3. The van der Waals surface area contributed by atoms with Crippen LogP contribution in [0.15, 0.2) is 24.3 Å². The van der Waals surface area contributed by atoms with Gasteiger partial charge in [0.05, 0.1) is 30.8 Å². The number of carbonyl (C=O) groups excluding carboxylic acids is 8. The van der Waals surface area contributed by atoms with E-state index >= 15 is 0 Å². The number of phenols is 1. The zero-order valence-electron chi connectivity index (χ0n) is 43.1. The maximum Gasteiger partial charge on any atom is 0.248 e. The number of nitrogens with two attached hydrogens (primary N) is 1. The van der Waals surface area contributed by atoms with Crippen molar-refractivity contribution in [2.75, 3.05) is 13.1 Å². The summed E-state index contributed by atoms with van der Waals surface area (Å²) in [5, 5.41) is 110. The Morgan fingerprint density at radius 1 is 0.720 bits per heavy atom. The molecule has 0 radical (unpaired) electrons. The van der Waals surface area contributed by atoms with Gasteiger partial charge in [0.2, 0.25) is 47.3 Å².